The summed E-state index contributed by atoms with van der Waals surface area (Å²) in [6, 6.07) is 7.97. The highest BCUT2D eigenvalue weighted by atomic mass is 19.1. The second kappa shape index (κ2) is 6.49. The molecule has 1 unspecified atom stereocenters. The van der Waals surface area contributed by atoms with Crippen molar-refractivity contribution < 1.29 is 9.31 Å². The third-order valence-electron chi connectivity index (χ3n) is 3.48. The predicted molar refractivity (Wildman–Crippen MR) is 78.6 cm³/mol. The Hall–Kier alpha value is -2.21. The zero-order valence-corrected chi connectivity index (χ0v) is 11.8. The van der Waals surface area contributed by atoms with Crippen molar-refractivity contribution in [3.05, 3.63) is 63.7 Å². The molecule has 2 aromatic rings. The number of rotatable bonds is 6. The number of hydrogen-bond donors (Lipinski definition) is 1. The van der Waals surface area contributed by atoms with E-state index in [0.717, 1.165) is 18.5 Å². The lowest BCUT2D eigenvalue weighted by Crippen LogP contribution is -2.23. The zero-order valence-electron chi connectivity index (χ0n) is 11.8. The number of nitro groups is 1. The predicted octanol–water partition coefficient (Wildman–Crippen LogP) is 2.86. The van der Waals surface area contributed by atoms with E-state index in [9.17, 15) is 14.5 Å². The third kappa shape index (κ3) is 3.66. The second-order valence-corrected chi connectivity index (χ2v) is 5.04. The standard InChI is InChI=1S/C15H18FN3O2/c1-2-12(17)9-13-4-3-7-18(13)10-11-5-6-15(19(20)21)14(16)8-11/h3-8,12H,2,9-10,17H2,1H3. The Kier molecular flexibility index (Phi) is 4.70. The quantitative estimate of drug-likeness (QED) is 0.657. The van der Waals surface area contributed by atoms with Gasteiger partial charge in [-0.3, -0.25) is 10.1 Å². The van der Waals surface area contributed by atoms with Gasteiger partial charge >= 0.3 is 5.69 Å². The van der Waals surface area contributed by atoms with Gasteiger partial charge in [-0.15, -0.1) is 0 Å². The van der Waals surface area contributed by atoms with Gasteiger partial charge in [0.25, 0.3) is 0 Å². The SMILES string of the molecule is CCC(N)Cc1cccn1Cc1ccc([N+](=O)[O-])c(F)c1. The van der Waals surface area contributed by atoms with Gasteiger partial charge in [-0.25, -0.2) is 0 Å². The fourth-order valence-electron chi connectivity index (χ4n) is 2.20. The van der Waals surface area contributed by atoms with Crippen LogP contribution in [0.1, 0.15) is 24.6 Å². The minimum atomic E-state index is -0.809. The monoisotopic (exact) mass is 291 g/mol. The van der Waals surface area contributed by atoms with Crippen LogP contribution >= 0.6 is 0 Å². The van der Waals surface area contributed by atoms with E-state index >= 15 is 0 Å². The Morgan fingerprint density at radius 2 is 2.19 bits per heavy atom. The average Bonchev–Trinajstić information content (AvgIpc) is 2.85. The zero-order chi connectivity index (χ0) is 15.4. The Morgan fingerprint density at radius 3 is 2.81 bits per heavy atom. The van der Waals surface area contributed by atoms with Crippen LogP contribution < -0.4 is 5.73 Å². The molecule has 0 bridgehead atoms. The maximum absolute atomic E-state index is 13.6. The number of benzene rings is 1. The first-order valence-electron chi connectivity index (χ1n) is 6.83. The summed E-state index contributed by atoms with van der Waals surface area (Å²) in [7, 11) is 0. The first-order valence-corrected chi connectivity index (χ1v) is 6.83. The van der Waals surface area contributed by atoms with Crippen molar-refractivity contribution in [2.45, 2.75) is 32.4 Å². The summed E-state index contributed by atoms with van der Waals surface area (Å²) in [5.41, 5.74) is 7.21. The van der Waals surface area contributed by atoms with E-state index in [0.29, 0.717) is 12.1 Å². The number of nitrogens with two attached hydrogens (primary N) is 1. The molecule has 21 heavy (non-hydrogen) atoms. The van der Waals surface area contributed by atoms with Gasteiger partial charge < -0.3 is 10.3 Å². The van der Waals surface area contributed by atoms with Crippen molar-refractivity contribution in [3.8, 4) is 0 Å². The molecule has 1 aromatic carbocycles. The first kappa shape index (κ1) is 15.2. The van der Waals surface area contributed by atoms with Gasteiger partial charge in [0, 0.05) is 37.0 Å². The molecule has 6 heteroatoms. The first-order chi connectivity index (χ1) is 10.0. The molecule has 0 saturated heterocycles. The molecular weight excluding hydrogens is 273 g/mol. The van der Waals surface area contributed by atoms with E-state index in [1.165, 1.54) is 12.1 Å². The molecule has 5 nitrogen and oxygen atoms in total. The van der Waals surface area contributed by atoms with Crippen LogP contribution in [-0.4, -0.2) is 15.5 Å². The molecule has 112 valence electrons. The van der Waals surface area contributed by atoms with E-state index in [1.807, 2.05) is 29.8 Å². The Balaban J connectivity index is 2.17. The van der Waals surface area contributed by atoms with Crippen LogP contribution in [0.4, 0.5) is 10.1 Å². The smallest absolute Gasteiger partial charge is 0.304 e. The van der Waals surface area contributed by atoms with E-state index in [-0.39, 0.29) is 6.04 Å². The number of aromatic nitrogens is 1. The fraction of sp³-hybridized carbons (Fsp3) is 0.333. The van der Waals surface area contributed by atoms with Gasteiger partial charge in [0.2, 0.25) is 5.82 Å². The van der Waals surface area contributed by atoms with Crippen LogP contribution in [-0.2, 0) is 13.0 Å². The van der Waals surface area contributed by atoms with Crippen LogP contribution in [0.3, 0.4) is 0 Å². The molecular formula is C15H18FN3O2. The lowest BCUT2D eigenvalue weighted by molar-refractivity contribution is -0.387. The summed E-state index contributed by atoms with van der Waals surface area (Å²) in [6.07, 6.45) is 3.54. The summed E-state index contributed by atoms with van der Waals surface area (Å²) >= 11 is 0. The van der Waals surface area contributed by atoms with Crippen molar-refractivity contribution in [1.29, 1.82) is 0 Å². The summed E-state index contributed by atoms with van der Waals surface area (Å²) in [5, 5.41) is 10.6. The lowest BCUT2D eigenvalue weighted by Gasteiger charge is -2.13. The van der Waals surface area contributed by atoms with Crippen LogP contribution in [0.2, 0.25) is 0 Å². The van der Waals surface area contributed by atoms with Crippen molar-refractivity contribution >= 4 is 5.69 Å². The molecule has 0 saturated carbocycles. The third-order valence-corrected chi connectivity index (χ3v) is 3.48. The second-order valence-electron chi connectivity index (χ2n) is 5.04. The van der Waals surface area contributed by atoms with Gasteiger partial charge in [0.15, 0.2) is 0 Å². The maximum Gasteiger partial charge on any atom is 0.304 e. The maximum atomic E-state index is 13.6. The molecule has 0 spiro atoms. The highest BCUT2D eigenvalue weighted by Gasteiger charge is 2.14. The highest BCUT2D eigenvalue weighted by Crippen LogP contribution is 2.19. The Bertz CT molecular complexity index is 640. The van der Waals surface area contributed by atoms with E-state index in [4.69, 9.17) is 5.73 Å². The molecule has 1 aromatic heterocycles. The largest absolute Gasteiger partial charge is 0.347 e. The summed E-state index contributed by atoms with van der Waals surface area (Å²) < 4.78 is 15.6. The van der Waals surface area contributed by atoms with Gasteiger partial charge in [-0.05, 0) is 30.2 Å². The minimum Gasteiger partial charge on any atom is -0.347 e. The number of nitro benzene ring substituents is 1. The Labute approximate surface area is 122 Å². The Morgan fingerprint density at radius 1 is 1.43 bits per heavy atom. The lowest BCUT2D eigenvalue weighted by atomic mass is 10.1. The molecule has 2 N–H and O–H groups in total. The summed E-state index contributed by atoms with van der Waals surface area (Å²) in [6.45, 7) is 2.50. The van der Waals surface area contributed by atoms with Gasteiger partial charge in [-0.2, -0.15) is 4.39 Å². The number of halogens is 1. The molecule has 0 fully saturated rings. The number of hydrogen-bond acceptors (Lipinski definition) is 3. The number of nitrogens with zero attached hydrogens (tertiary/aromatic N) is 2. The molecule has 0 aliphatic rings. The van der Waals surface area contributed by atoms with E-state index in [2.05, 4.69) is 0 Å². The molecule has 0 aliphatic carbocycles. The van der Waals surface area contributed by atoms with Crippen LogP contribution in [0.5, 0.6) is 0 Å². The van der Waals surface area contributed by atoms with E-state index < -0.39 is 16.4 Å². The fourth-order valence-corrected chi connectivity index (χ4v) is 2.20. The molecule has 1 atom stereocenters. The average molecular weight is 291 g/mol. The van der Waals surface area contributed by atoms with Gasteiger partial charge in [0.1, 0.15) is 0 Å². The van der Waals surface area contributed by atoms with Crippen molar-refractivity contribution in [1.82, 2.24) is 4.57 Å². The van der Waals surface area contributed by atoms with Crippen molar-refractivity contribution in [2.24, 2.45) is 5.73 Å². The highest BCUT2D eigenvalue weighted by molar-refractivity contribution is 5.35. The van der Waals surface area contributed by atoms with Gasteiger partial charge in [0.05, 0.1) is 4.92 Å². The molecule has 2 rings (SSSR count). The molecule has 0 radical (unpaired) electrons. The normalized spacial score (nSPS) is 12.3. The van der Waals surface area contributed by atoms with Gasteiger partial charge in [-0.1, -0.05) is 13.0 Å². The molecule has 0 amide bonds. The molecule has 1 heterocycles. The van der Waals surface area contributed by atoms with Crippen LogP contribution in [0.25, 0.3) is 0 Å². The summed E-state index contributed by atoms with van der Waals surface area (Å²) in [5.74, 6) is -0.809. The minimum absolute atomic E-state index is 0.0900. The summed E-state index contributed by atoms with van der Waals surface area (Å²) in [4.78, 5) is 9.88. The van der Waals surface area contributed by atoms with Crippen LogP contribution in [0, 0.1) is 15.9 Å². The van der Waals surface area contributed by atoms with Crippen LogP contribution in [0.15, 0.2) is 36.5 Å². The topological polar surface area (TPSA) is 74.1 Å². The molecule has 0 aliphatic heterocycles. The van der Waals surface area contributed by atoms with Crippen molar-refractivity contribution in [3.63, 3.8) is 0 Å². The van der Waals surface area contributed by atoms with E-state index in [1.54, 1.807) is 6.07 Å². The van der Waals surface area contributed by atoms with Crippen molar-refractivity contribution in [2.75, 3.05) is 0 Å².